The number of aliphatic hydroxyl groups excluding tert-OH is 6. The molecule has 0 saturated carbocycles. The molecule has 0 aliphatic carbocycles. The Balaban J connectivity index is 1.52. The summed E-state index contributed by atoms with van der Waals surface area (Å²) in [6, 6.07) is 18.5. The molecule has 2 aliphatic rings. The number of ether oxygens (including phenoxy) is 3. The monoisotopic (exact) mass is 520 g/mol. The number of rotatable bonds is 10. The van der Waals surface area contributed by atoms with Gasteiger partial charge < -0.3 is 50.2 Å². The van der Waals surface area contributed by atoms with E-state index in [0.717, 1.165) is 11.1 Å². The smallest absolute Gasteiger partial charge is 0.187 e. The highest BCUT2D eigenvalue weighted by Gasteiger charge is 2.50. The molecule has 11 nitrogen and oxygen atoms in total. The van der Waals surface area contributed by atoms with Crippen LogP contribution in [0.25, 0.3) is 0 Å². The molecule has 4 rings (SSSR count). The zero-order valence-corrected chi connectivity index (χ0v) is 20.3. The first-order valence-electron chi connectivity index (χ1n) is 12.4. The van der Waals surface area contributed by atoms with Crippen molar-refractivity contribution in [2.24, 2.45) is 0 Å². The van der Waals surface area contributed by atoms with Crippen molar-refractivity contribution >= 4 is 0 Å². The van der Waals surface area contributed by atoms with Gasteiger partial charge in [-0.15, -0.1) is 0 Å². The summed E-state index contributed by atoms with van der Waals surface area (Å²) in [5.41, 5.74) is 1.98. The van der Waals surface area contributed by atoms with E-state index in [-0.39, 0.29) is 0 Å². The fraction of sp³-hybridized carbons (Fsp3) is 0.538. The lowest BCUT2D eigenvalue weighted by atomic mass is 9.94. The molecule has 37 heavy (non-hydrogen) atoms. The van der Waals surface area contributed by atoms with Crippen molar-refractivity contribution in [2.75, 3.05) is 13.2 Å². The summed E-state index contributed by atoms with van der Waals surface area (Å²) in [7, 11) is 0. The molecule has 11 heteroatoms. The predicted molar refractivity (Wildman–Crippen MR) is 131 cm³/mol. The van der Waals surface area contributed by atoms with Crippen molar-refractivity contribution in [2.45, 2.75) is 74.4 Å². The van der Waals surface area contributed by atoms with Crippen LogP contribution >= 0.6 is 0 Å². The Hall–Kier alpha value is -2.00. The van der Waals surface area contributed by atoms with Crippen LogP contribution in [0.15, 0.2) is 60.7 Å². The van der Waals surface area contributed by atoms with E-state index >= 15 is 0 Å². The van der Waals surface area contributed by atoms with Gasteiger partial charge in [-0.1, -0.05) is 60.7 Å². The lowest BCUT2D eigenvalue weighted by molar-refractivity contribution is -0.337. The van der Waals surface area contributed by atoms with Crippen molar-refractivity contribution in [1.29, 1.82) is 0 Å². The van der Waals surface area contributed by atoms with Gasteiger partial charge in [-0.3, -0.25) is 5.32 Å². The molecule has 8 N–H and O–H groups in total. The molecule has 204 valence electrons. The summed E-state index contributed by atoms with van der Waals surface area (Å²) in [4.78, 5) is 0. The van der Waals surface area contributed by atoms with Gasteiger partial charge in [0.05, 0.1) is 19.3 Å². The highest BCUT2D eigenvalue weighted by molar-refractivity contribution is 5.16. The Bertz CT molecular complexity index is 938. The lowest BCUT2D eigenvalue weighted by Gasteiger charge is -2.47. The van der Waals surface area contributed by atoms with Crippen LogP contribution in [0.2, 0.25) is 0 Å². The van der Waals surface area contributed by atoms with Gasteiger partial charge in [-0.25, -0.2) is 0 Å². The Labute approximate surface area is 215 Å². The van der Waals surface area contributed by atoms with E-state index < -0.39 is 74.5 Å². The van der Waals surface area contributed by atoms with Crippen LogP contribution in [-0.4, -0.2) is 105 Å². The predicted octanol–water partition coefficient (Wildman–Crippen LogP) is -1.80. The highest BCUT2D eigenvalue weighted by Crippen LogP contribution is 2.29. The Morgan fingerprint density at radius 3 is 1.78 bits per heavy atom. The molecule has 0 amide bonds. The van der Waals surface area contributed by atoms with Gasteiger partial charge >= 0.3 is 0 Å². The lowest BCUT2D eigenvalue weighted by Crippen LogP contribution is -2.69. The van der Waals surface area contributed by atoms with E-state index in [2.05, 4.69) is 10.6 Å². The van der Waals surface area contributed by atoms with E-state index in [9.17, 15) is 30.6 Å². The van der Waals surface area contributed by atoms with Crippen molar-refractivity contribution in [1.82, 2.24) is 10.6 Å². The molecule has 0 spiro atoms. The first kappa shape index (κ1) is 28.0. The molecule has 2 fully saturated rings. The SMILES string of the molecule is OCC1O[C@@H](O[C@H]2C(CO)O[C@@H](NCc3ccccc3)C(NCc3ccccc3)[C@H]2O)C(O)[C@@H](O)[C@H]1O. The molecule has 2 saturated heterocycles. The largest absolute Gasteiger partial charge is 0.394 e. The summed E-state index contributed by atoms with van der Waals surface area (Å²) in [5.74, 6) is 0. The molecule has 10 atom stereocenters. The minimum absolute atomic E-state index is 0.409. The molecular weight excluding hydrogens is 484 g/mol. The number of nitrogens with one attached hydrogen (secondary N) is 2. The molecule has 0 aromatic heterocycles. The normalized spacial score (nSPS) is 36.4. The van der Waals surface area contributed by atoms with Gasteiger partial charge in [-0.05, 0) is 11.1 Å². The Kier molecular flexibility index (Phi) is 9.98. The summed E-state index contributed by atoms with van der Waals surface area (Å²) >= 11 is 0. The first-order valence-corrected chi connectivity index (χ1v) is 12.4. The summed E-state index contributed by atoms with van der Waals surface area (Å²) < 4.78 is 17.4. The average Bonchev–Trinajstić information content (AvgIpc) is 2.93. The minimum atomic E-state index is -1.66. The second kappa shape index (κ2) is 13.2. The molecule has 0 bridgehead atoms. The van der Waals surface area contributed by atoms with E-state index in [1.807, 2.05) is 60.7 Å². The van der Waals surface area contributed by atoms with E-state index in [0.29, 0.717) is 13.1 Å². The van der Waals surface area contributed by atoms with Gasteiger partial charge in [-0.2, -0.15) is 0 Å². The van der Waals surface area contributed by atoms with Gasteiger partial charge in [0.1, 0.15) is 49.0 Å². The summed E-state index contributed by atoms with van der Waals surface area (Å²) in [6.45, 7) is -0.275. The molecule has 4 unspecified atom stereocenters. The average molecular weight is 521 g/mol. The zero-order chi connectivity index (χ0) is 26.4. The van der Waals surface area contributed by atoms with E-state index in [1.54, 1.807) is 0 Å². The van der Waals surface area contributed by atoms with Crippen LogP contribution in [0.5, 0.6) is 0 Å². The summed E-state index contributed by atoms with van der Waals surface area (Å²) in [5, 5.41) is 68.2. The number of hydrogen-bond acceptors (Lipinski definition) is 11. The second-order valence-corrected chi connectivity index (χ2v) is 9.33. The van der Waals surface area contributed by atoms with Gasteiger partial charge in [0.15, 0.2) is 6.29 Å². The van der Waals surface area contributed by atoms with Crippen LogP contribution in [0.1, 0.15) is 11.1 Å². The maximum absolute atomic E-state index is 11.4. The minimum Gasteiger partial charge on any atom is -0.394 e. The van der Waals surface area contributed by atoms with Crippen molar-refractivity contribution < 1.29 is 44.8 Å². The van der Waals surface area contributed by atoms with Crippen LogP contribution in [0.4, 0.5) is 0 Å². The number of aliphatic hydroxyl groups is 6. The molecule has 2 aromatic carbocycles. The number of benzene rings is 2. The highest BCUT2D eigenvalue weighted by atomic mass is 16.7. The standard InChI is InChI=1S/C26H36N2O9/c29-13-17-20(31)22(33)23(34)26(36-17)37-24-18(14-30)35-25(28-12-16-9-5-2-6-10-16)19(21(24)32)27-11-15-7-3-1-4-8-15/h1-10,17-34H,11-14H2/t17?,18?,19?,20-,21+,22-,23?,24-,25+,26-/m0/s1. The molecule has 2 heterocycles. The maximum Gasteiger partial charge on any atom is 0.187 e. The van der Waals surface area contributed by atoms with Gasteiger partial charge in [0, 0.05) is 13.1 Å². The van der Waals surface area contributed by atoms with Crippen LogP contribution in [0, 0.1) is 0 Å². The second-order valence-electron chi connectivity index (χ2n) is 9.33. The first-order chi connectivity index (χ1) is 17.9. The van der Waals surface area contributed by atoms with Crippen molar-refractivity contribution in [3.05, 3.63) is 71.8 Å². The molecule has 0 radical (unpaired) electrons. The van der Waals surface area contributed by atoms with E-state index in [1.165, 1.54) is 0 Å². The Morgan fingerprint density at radius 2 is 1.22 bits per heavy atom. The molecular formula is C26H36N2O9. The molecule has 2 aliphatic heterocycles. The number of hydrogen-bond donors (Lipinski definition) is 8. The quantitative estimate of drug-likeness (QED) is 0.178. The summed E-state index contributed by atoms with van der Waals surface area (Å²) in [6.07, 6.45) is -11.7. The third-order valence-electron chi connectivity index (χ3n) is 6.77. The third-order valence-corrected chi connectivity index (χ3v) is 6.77. The van der Waals surface area contributed by atoms with E-state index in [4.69, 9.17) is 14.2 Å². The maximum atomic E-state index is 11.4. The fourth-order valence-electron chi connectivity index (χ4n) is 4.65. The van der Waals surface area contributed by atoms with Crippen LogP contribution < -0.4 is 10.6 Å². The third kappa shape index (κ3) is 6.72. The van der Waals surface area contributed by atoms with Crippen LogP contribution in [-0.2, 0) is 27.3 Å². The van der Waals surface area contributed by atoms with Gasteiger partial charge in [0.2, 0.25) is 0 Å². The topological polar surface area (TPSA) is 173 Å². The van der Waals surface area contributed by atoms with Crippen molar-refractivity contribution in [3.8, 4) is 0 Å². The van der Waals surface area contributed by atoms with Crippen molar-refractivity contribution in [3.63, 3.8) is 0 Å². The zero-order valence-electron chi connectivity index (χ0n) is 20.3. The molecule has 2 aromatic rings. The fourth-order valence-corrected chi connectivity index (χ4v) is 4.65. The van der Waals surface area contributed by atoms with Crippen LogP contribution in [0.3, 0.4) is 0 Å². The Morgan fingerprint density at radius 1 is 0.649 bits per heavy atom. The van der Waals surface area contributed by atoms with Gasteiger partial charge in [0.25, 0.3) is 0 Å².